The molecule has 2 aliphatic rings. The molecule has 31 heavy (non-hydrogen) atoms. The van der Waals surface area contributed by atoms with E-state index in [9.17, 15) is 4.79 Å². The number of anilines is 2. The minimum absolute atomic E-state index is 0.0708. The number of nitrogens with one attached hydrogen (secondary N) is 1. The van der Waals surface area contributed by atoms with Gasteiger partial charge in [0.05, 0.1) is 23.1 Å². The zero-order valence-electron chi connectivity index (χ0n) is 17.7. The van der Waals surface area contributed by atoms with Gasteiger partial charge in [-0.25, -0.2) is 0 Å². The van der Waals surface area contributed by atoms with E-state index in [1.165, 1.54) is 5.56 Å². The molecule has 160 valence electrons. The van der Waals surface area contributed by atoms with Gasteiger partial charge in [0, 0.05) is 44.7 Å². The summed E-state index contributed by atoms with van der Waals surface area (Å²) in [6.45, 7) is 5.39. The van der Waals surface area contributed by atoms with Crippen LogP contribution in [0.25, 0.3) is 10.9 Å². The molecule has 3 aromatic rings. The summed E-state index contributed by atoms with van der Waals surface area (Å²) in [7, 11) is 0. The average Bonchev–Trinajstić information content (AvgIpc) is 3.36. The summed E-state index contributed by atoms with van der Waals surface area (Å²) in [5, 5.41) is 4.18. The zero-order valence-corrected chi connectivity index (χ0v) is 17.7. The minimum Gasteiger partial charge on any atom is -0.368 e. The number of hydrogen-bond acceptors (Lipinski definition) is 5. The number of ether oxygens (including phenoxy) is 1. The van der Waals surface area contributed by atoms with E-state index in [0.717, 1.165) is 67.8 Å². The molecule has 1 atom stereocenters. The van der Waals surface area contributed by atoms with Crippen molar-refractivity contribution in [2.24, 2.45) is 0 Å². The summed E-state index contributed by atoms with van der Waals surface area (Å²) >= 11 is 0. The lowest BCUT2D eigenvalue weighted by molar-refractivity contribution is -0.124. The number of benzene rings is 2. The monoisotopic (exact) mass is 416 g/mol. The molecule has 2 aromatic carbocycles. The first kappa shape index (κ1) is 20.0. The van der Waals surface area contributed by atoms with Crippen LogP contribution < -0.4 is 10.2 Å². The Balaban J connectivity index is 1.37. The number of piperazine rings is 1. The van der Waals surface area contributed by atoms with Gasteiger partial charge in [-0.15, -0.1) is 0 Å². The molecule has 0 saturated carbocycles. The second-order valence-corrected chi connectivity index (χ2v) is 8.28. The van der Waals surface area contributed by atoms with Gasteiger partial charge in [0.25, 0.3) is 5.91 Å². The molecule has 1 aromatic heterocycles. The van der Waals surface area contributed by atoms with Gasteiger partial charge in [-0.3, -0.25) is 14.7 Å². The molecule has 6 nitrogen and oxygen atoms in total. The van der Waals surface area contributed by atoms with E-state index in [1.54, 1.807) is 6.20 Å². The van der Waals surface area contributed by atoms with Crippen molar-refractivity contribution in [1.29, 1.82) is 0 Å². The van der Waals surface area contributed by atoms with Gasteiger partial charge in [0.1, 0.15) is 6.10 Å². The van der Waals surface area contributed by atoms with Gasteiger partial charge in [-0.05, 0) is 24.5 Å². The van der Waals surface area contributed by atoms with Crippen LogP contribution in [-0.2, 0) is 16.1 Å². The summed E-state index contributed by atoms with van der Waals surface area (Å²) in [5.41, 5.74) is 4.13. The van der Waals surface area contributed by atoms with Crippen molar-refractivity contribution in [3.63, 3.8) is 0 Å². The van der Waals surface area contributed by atoms with Gasteiger partial charge >= 0.3 is 0 Å². The van der Waals surface area contributed by atoms with E-state index < -0.39 is 0 Å². The van der Waals surface area contributed by atoms with Crippen LogP contribution in [0.15, 0.2) is 60.8 Å². The lowest BCUT2D eigenvalue weighted by Crippen LogP contribution is -2.46. The lowest BCUT2D eigenvalue weighted by atomic mass is 10.1. The van der Waals surface area contributed by atoms with Crippen LogP contribution in [0.3, 0.4) is 0 Å². The summed E-state index contributed by atoms with van der Waals surface area (Å²) in [6, 6.07) is 18.8. The van der Waals surface area contributed by atoms with Gasteiger partial charge in [-0.2, -0.15) is 0 Å². The van der Waals surface area contributed by atoms with Gasteiger partial charge in [0.2, 0.25) is 0 Å². The first-order valence-corrected chi connectivity index (χ1v) is 11.1. The number of fused-ring (bicyclic) bond motifs is 1. The second-order valence-electron chi connectivity index (χ2n) is 8.28. The van der Waals surface area contributed by atoms with E-state index in [0.29, 0.717) is 6.61 Å². The van der Waals surface area contributed by atoms with E-state index in [4.69, 9.17) is 4.74 Å². The maximum Gasteiger partial charge on any atom is 0.253 e. The van der Waals surface area contributed by atoms with Crippen LogP contribution in [0, 0.1) is 0 Å². The Kier molecular flexibility index (Phi) is 5.82. The molecule has 5 rings (SSSR count). The lowest BCUT2D eigenvalue weighted by Gasteiger charge is -2.37. The number of para-hydroxylation sites is 1. The van der Waals surface area contributed by atoms with Crippen molar-refractivity contribution in [3.8, 4) is 0 Å². The number of pyridine rings is 1. The predicted octanol–water partition coefficient (Wildman–Crippen LogP) is 3.67. The highest BCUT2D eigenvalue weighted by Gasteiger charge is 2.27. The van der Waals surface area contributed by atoms with Crippen molar-refractivity contribution >= 4 is 28.2 Å². The fourth-order valence-electron chi connectivity index (χ4n) is 4.53. The van der Waals surface area contributed by atoms with Crippen molar-refractivity contribution in [2.45, 2.75) is 25.5 Å². The number of rotatable bonds is 5. The van der Waals surface area contributed by atoms with Crippen molar-refractivity contribution < 1.29 is 9.53 Å². The summed E-state index contributed by atoms with van der Waals surface area (Å²) in [4.78, 5) is 22.2. The number of amides is 1. The van der Waals surface area contributed by atoms with Crippen LogP contribution in [-0.4, -0.2) is 54.7 Å². The average molecular weight is 417 g/mol. The maximum atomic E-state index is 12.8. The van der Waals surface area contributed by atoms with Gasteiger partial charge < -0.3 is 15.0 Å². The topological polar surface area (TPSA) is 57.7 Å². The summed E-state index contributed by atoms with van der Waals surface area (Å²) in [5.74, 6) is -0.0708. The molecule has 0 bridgehead atoms. The molecule has 0 spiro atoms. The number of carbonyl (C=O) groups is 1. The first-order valence-electron chi connectivity index (χ1n) is 11.1. The van der Waals surface area contributed by atoms with E-state index in [-0.39, 0.29) is 12.0 Å². The fourth-order valence-corrected chi connectivity index (χ4v) is 4.53. The highest BCUT2D eigenvalue weighted by atomic mass is 16.5. The number of hydrogen-bond donors (Lipinski definition) is 1. The molecular weight excluding hydrogens is 388 g/mol. The van der Waals surface area contributed by atoms with Crippen LogP contribution in [0.4, 0.5) is 11.4 Å². The molecule has 2 fully saturated rings. The Morgan fingerprint density at radius 3 is 2.58 bits per heavy atom. The van der Waals surface area contributed by atoms with Gasteiger partial charge in [-0.1, -0.05) is 48.5 Å². The number of nitrogens with zero attached hydrogens (tertiary/aromatic N) is 3. The third-order valence-electron chi connectivity index (χ3n) is 6.16. The largest absolute Gasteiger partial charge is 0.368 e. The molecule has 0 radical (unpaired) electrons. The predicted molar refractivity (Wildman–Crippen MR) is 123 cm³/mol. The third-order valence-corrected chi connectivity index (χ3v) is 6.16. The van der Waals surface area contributed by atoms with Crippen LogP contribution in [0.5, 0.6) is 0 Å². The molecule has 1 unspecified atom stereocenters. The van der Waals surface area contributed by atoms with Gasteiger partial charge in [0.15, 0.2) is 0 Å². The normalized spacial score (nSPS) is 19.6. The molecule has 6 heteroatoms. The van der Waals surface area contributed by atoms with Crippen molar-refractivity contribution in [3.05, 3.63) is 66.4 Å². The van der Waals surface area contributed by atoms with Crippen LogP contribution in [0.2, 0.25) is 0 Å². The standard InChI is InChI=1S/C25H28N4O2/c30-25(23-11-6-16-31-23)27-22-17-26-21-10-5-4-9-20(21)24(22)29-14-12-28(13-15-29)18-19-7-2-1-3-8-19/h1-5,7-10,17,23H,6,11-16,18H2,(H,27,30). The Morgan fingerprint density at radius 1 is 1.03 bits per heavy atom. The quantitative estimate of drug-likeness (QED) is 0.688. The Bertz CT molecular complexity index is 1040. The Hall–Kier alpha value is -2.96. The highest BCUT2D eigenvalue weighted by Crippen LogP contribution is 2.34. The molecule has 1 N–H and O–H groups in total. The van der Waals surface area contributed by atoms with Crippen LogP contribution >= 0.6 is 0 Å². The maximum absolute atomic E-state index is 12.8. The zero-order chi connectivity index (χ0) is 21.0. The minimum atomic E-state index is -0.359. The Labute approximate surface area is 182 Å². The second kappa shape index (κ2) is 9.04. The van der Waals surface area contributed by atoms with E-state index >= 15 is 0 Å². The smallest absolute Gasteiger partial charge is 0.253 e. The third kappa shape index (κ3) is 4.40. The van der Waals surface area contributed by atoms with E-state index in [1.807, 2.05) is 18.2 Å². The van der Waals surface area contributed by atoms with Crippen LogP contribution in [0.1, 0.15) is 18.4 Å². The fraction of sp³-hybridized carbons (Fsp3) is 0.360. The molecular formula is C25H28N4O2. The number of carbonyl (C=O) groups excluding carboxylic acids is 1. The molecule has 0 aliphatic carbocycles. The van der Waals surface area contributed by atoms with Crippen molar-refractivity contribution in [2.75, 3.05) is 43.0 Å². The summed E-state index contributed by atoms with van der Waals surface area (Å²) in [6.07, 6.45) is 3.15. The molecule has 1 amide bonds. The first-order chi connectivity index (χ1) is 15.3. The molecule has 2 saturated heterocycles. The van der Waals surface area contributed by atoms with Crippen molar-refractivity contribution in [1.82, 2.24) is 9.88 Å². The molecule has 3 heterocycles. The molecule has 2 aliphatic heterocycles. The SMILES string of the molecule is O=C(Nc1cnc2ccccc2c1N1CCN(Cc2ccccc2)CC1)C1CCCO1. The summed E-state index contributed by atoms with van der Waals surface area (Å²) < 4.78 is 5.58. The van der Waals surface area contributed by atoms with E-state index in [2.05, 4.69) is 56.5 Å². The Morgan fingerprint density at radius 2 is 1.81 bits per heavy atom. The number of aromatic nitrogens is 1. The highest BCUT2D eigenvalue weighted by molar-refractivity contribution is 6.04.